The Kier molecular flexibility index (Phi) is 1.65. The van der Waals surface area contributed by atoms with Gasteiger partial charge < -0.3 is 0 Å². The molecule has 0 bridgehead atoms. The van der Waals surface area contributed by atoms with Crippen molar-refractivity contribution in [1.82, 2.24) is 4.98 Å². The molecule has 0 spiro atoms. The van der Waals surface area contributed by atoms with Gasteiger partial charge in [-0.2, -0.15) is 0 Å². The maximum absolute atomic E-state index is 11.8. The van der Waals surface area contributed by atoms with Gasteiger partial charge in [0.05, 0.1) is 16.8 Å². The van der Waals surface area contributed by atoms with Gasteiger partial charge in [-0.3, -0.25) is 14.8 Å². The monoisotopic (exact) mass is 196 g/mol. The summed E-state index contributed by atoms with van der Waals surface area (Å²) in [6, 6.07) is 7.50. The minimum Gasteiger partial charge on any atom is -0.294 e. The first kappa shape index (κ1) is 8.29. The fourth-order valence-electron chi connectivity index (χ4n) is 1.87. The number of carbonyl (C=O) groups excluding carboxylic acids is 1. The van der Waals surface area contributed by atoms with Crippen LogP contribution in [0.1, 0.15) is 16.8 Å². The molecule has 0 saturated carbocycles. The van der Waals surface area contributed by atoms with Crippen LogP contribution in [0.4, 0.5) is 5.69 Å². The molecule has 3 heteroatoms. The van der Waals surface area contributed by atoms with Crippen LogP contribution in [0.25, 0.3) is 10.9 Å². The number of fused-ring (bicyclic) bond motifs is 3. The molecule has 1 aliphatic rings. The Morgan fingerprint density at radius 1 is 1.20 bits per heavy atom. The molecule has 2 heterocycles. The van der Waals surface area contributed by atoms with Crippen LogP contribution in [0.3, 0.4) is 0 Å². The van der Waals surface area contributed by atoms with E-state index >= 15 is 0 Å². The molecule has 3 rings (SSSR count). The van der Waals surface area contributed by atoms with Crippen LogP contribution in [-0.4, -0.2) is 17.0 Å². The Bertz CT molecular complexity index is 587. The summed E-state index contributed by atoms with van der Waals surface area (Å²) in [7, 11) is 0. The summed E-state index contributed by atoms with van der Waals surface area (Å²) in [6.45, 7) is 0. The number of aliphatic imine (C=N–C) groups is 1. The lowest BCUT2D eigenvalue weighted by Gasteiger charge is -2.10. The molecule has 0 saturated heterocycles. The van der Waals surface area contributed by atoms with Gasteiger partial charge in [0.2, 0.25) is 0 Å². The molecular weight excluding hydrogens is 188 g/mol. The van der Waals surface area contributed by atoms with Crippen molar-refractivity contribution in [2.24, 2.45) is 4.99 Å². The Morgan fingerprint density at radius 3 is 3.07 bits per heavy atom. The highest BCUT2D eigenvalue weighted by atomic mass is 16.1. The maximum atomic E-state index is 11.8. The zero-order chi connectivity index (χ0) is 10.3. The summed E-state index contributed by atoms with van der Waals surface area (Å²) in [5, 5.41) is 0.900. The van der Waals surface area contributed by atoms with Crippen LogP contribution in [0.15, 0.2) is 35.5 Å². The molecule has 0 fully saturated rings. The highest BCUT2D eigenvalue weighted by Gasteiger charge is 2.17. The van der Waals surface area contributed by atoms with Crippen molar-refractivity contribution < 1.29 is 4.79 Å². The van der Waals surface area contributed by atoms with E-state index < -0.39 is 0 Å². The number of rotatable bonds is 0. The number of nitrogens with zero attached hydrogens (tertiary/aromatic N) is 2. The van der Waals surface area contributed by atoms with Gasteiger partial charge in [0, 0.05) is 24.2 Å². The van der Waals surface area contributed by atoms with Crippen molar-refractivity contribution in [2.75, 3.05) is 0 Å². The minimum absolute atomic E-state index is 0.124. The lowest BCUT2D eigenvalue weighted by atomic mass is 9.99. The summed E-state index contributed by atoms with van der Waals surface area (Å²) in [5.74, 6) is 0.124. The first-order chi connectivity index (χ1) is 7.36. The van der Waals surface area contributed by atoms with Gasteiger partial charge in [-0.25, -0.2) is 0 Å². The van der Waals surface area contributed by atoms with Crippen LogP contribution in [0, 0.1) is 0 Å². The highest BCUT2D eigenvalue weighted by Crippen LogP contribution is 2.30. The standard InChI is InChI=1S/C12H8N2O/c15-11-5-7-14-10-4-3-9-8(12(10)11)2-1-6-13-9/h1-4,6-7H,5H2. The van der Waals surface area contributed by atoms with Gasteiger partial charge in [-0.05, 0) is 18.2 Å². The van der Waals surface area contributed by atoms with Gasteiger partial charge in [0.25, 0.3) is 0 Å². The smallest absolute Gasteiger partial charge is 0.171 e. The SMILES string of the molecule is O=C1CC=Nc2ccc3ncccc3c21. The van der Waals surface area contributed by atoms with Crippen molar-refractivity contribution in [2.45, 2.75) is 6.42 Å². The second-order valence-corrected chi connectivity index (χ2v) is 3.47. The molecule has 3 nitrogen and oxygen atoms in total. The fourth-order valence-corrected chi connectivity index (χ4v) is 1.87. The van der Waals surface area contributed by atoms with Crippen LogP contribution in [0.5, 0.6) is 0 Å². The number of Topliss-reactive ketones (excluding diaryl/α,β-unsaturated/α-hetero) is 1. The lowest BCUT2D eigenvalue weighted by Crippen LogP contribution is -2.05. The van der Waals surface area contributed by atoms with Gasteiger partial charge in [0.1, 0.15) is 0 Å². The summed E-state index contributed by atoms with van der Waals surface area (Å²) < 4.78 is 0. The average molecular weight is 196 g/mol. The number of benzene rings is 1. The van der Waals surface area contributed by atoms with Gasteiger partial charge in [-0.1, -0.05) is 6.07 Å². The van der Waals surface area contributed by atoms with Crippen LogP contribution >= 0.6 is 0 Å². The van der Waals surface area contributed by atoms with Gasteiger partial charge in [-0.15, -0.1) is 0 Å². The van der Waals surface area contributed by atoms with Crippen LogP contribution < -0.4 is 0 Å². The number of hydrogen-bond donors (Lipinski definition) is 0. The summed E-state index contributed by atoms with van der Waals surface area (Å²) in [6.07, 6.45) is 3.78. The average Bonchev–Trinajstić information content (AvgIpc) is 2.29. The number of ketones is 1. The van der Waals surface area contributed by atoms with E-state index in [4.69, 9.17) is 0 Å². The Labute approximate surface area is 86.5 Å². The number of carbonyl (C=O) groups is 1. The molecule has 2 aromatic rings. The van der Waals surface area contributed by atoms with Crippen molar-refractivity contribution in [3.8, 4) is 0 Å². The van der Waals surface area contributed by atoms with Crippen molar-refractivity contribution >= 4 is 28.6 Å². The maximum Gasteiger partial charge on any atom is 0.171 e. The van der Waals surface area contributed by atoms with E-state index in [1.54, 1.807) is 12.4 Å². The van der Waals surface area contributed by atoms with Crippen molar-refractivity contribution in [1.29, 1.82) is 0 Å². The number of pyridine rings is 1. The van der Waals surface area contributed by atoms with E-state index in [9.17, 15) is 4.79 Å². The predicted molar refractivity (Wildman–Crippen MR) is 58.8 cm³/mol. The normalized spacial score (nSPS) is 14.3. The van der Waals surface area contributed by atoms with Crippen molar-refractivity contribution in [3.63, 3.8) is 0 Å². The number of aromatic nitrogens is 1. The third-order valence-electron chi connectivity index (χ3n) is 2.55. The first-order valence-electron chi connectivity index (χ1n) is 4.80. The molecule has 0 atom stereocenters. The van der Waals surface area contributed by atoms with Crippen LogP contribution in [0.2, 0.25) is 0 Å². The zero-order valence-electron chi connectivity index (χ0n) is 7.97. The van der Waals surface area contributed by atoms with Crippen LogP contribution in [-0.2, 0) is 0 Å². The van der Waals surface area contributed by atoms with E-state index in [-0.39, 0.29) is 5.78 Å². The molecule has 0 amide bonds. The summed E-state index contributed by atoms with van der Waals surface area (Å²) in [5.41, 5.74) is 2.32. The fraction of sp³-hybridized carbons (Fsp3) is 0.0833. The first-order valence-corrected chi connectivity index (χ1v) is 4.80. The Hall–Kier alpha value is -2.03. The molecule has 1 aromatic heterocycles. The van der Waals surface area contributed by atoms with Gasteiger partial charge in [0.15, 0.2) is 5.78 Å². The molecule has 72 valence electrons. The third kappa shape index (κ3) is 1.16. The van der Waals surface area contributed by atoms with Gasteiger partial charge >= 0.3 is 0 Å². The second kappa shape index (κ2) is 2.98. The molecule has 15 heavy (non-hydrogen) atoms. The highest BCUT2D eigenvalue weighted by molar-refractivity contribution is 6.17. The lowest BCUT2D eigenvalue weighted by molar-refractivity contribution is 0.100. The molecular formula is C12H8N2O. The third-order valence-corrected chi connectivity index (χ3v) is 2.55. The second-order valence-electron chi connectivity index (χ2n) is 3.47. The van der Waals surface area contributed by atoms with E-state index in [0.29, 0.717) is 12.0 Å². The van der Waals surface area contributed by atoms with E-state index in [1.807, 2.05) is 24.3 Å². The zero-order valence-corrected chi connectivity index (χ0v) is 7.97. The van der Waals surface area contributed by atoms with Crippen molar-refractivity contribution in [3.05, 3.63) is 36.0 Å². The molecule has 0 aliphatic carbocycles. The Morgan fingerprint density at radius 2 is 2.13 bits per heavy atom. The number of hydrogen-bond acceptors (Lipinski definition) is 3. The topological polar surface area (TPSA) is 42.3 Å². The molecule has 0 unspecified atom stereocenters. The van der Waals surface area contributed by atoms with E-state index in [2.05, 4.69) is 9.98 Å². The molecule has 0 radical (unpaired) electrons. The van der Waals surface area contributed by atoms with E-state index in [0.717, 1.165) is 16.6 Å². The molecule has 0 N–H and O–H groups in total. The molecule has 1 aromatic carbocycles. The quantitative estimate of drug-likeness (QED) is 0.649. The summed E-state index contributed by atoms with van der Waals surface area (Å²) in [4.78, 5) is 20.2. The Balaban J connectivity index is 2.47. The largest absolute Gasteiger partial charge is 0.294 e. The minimum atomic E-state index is 0.124. The molecule has 1 aliphatic heterocycles. The van der Waals surface area contributed by atoms with E-state index in [1.165, 1.54) is 0 Å². The predicted octanol–water partition coefficient (Wildman–Crippen LogP) is 2.52. The summed E-state index contributed by atoms with van der Waals surface area (Å²) >= 11 is 0.